The third-order valence-corrected chi connectivity index (χ3v) is 4.03. The molecule has 2 nitrogen and oxygen atoms in total. The molecule has 1 saturated carbocycles. The fourth-order valence-corrected chi connectivity index (χ4v) is 3.48. The van der Waals surface area contributed by atoms with Crippen LogP contribution in [0, 0.1) is 17.2 Å². The first-order valence-corrected chi connectivity index (χ1v) is 5.77. The first kappa shape index (κ1) is 11.5. The Morgan fingerprint density at radius 3 is 2.50 bits per heavy atom. The van der Waals surface area contributed by atoms with Gasteiger partial charge in [0.05, 0.1) is 6.20 Å². The largest absolute Gasteiger partial charge is 0.316 e. The molecule has 1 fully saturated rings. The second-order valence-corrected chi connectivity index (χ2v) is 5.33. The molecule has 3 atom stereocenters. The number of nitrogens with zero attached hydrogens (tertiary/aromatic N) is 1. The lowest BCUT2D eigenvalue weighted by atomic mass is 9.51. The highest BCUT2D eigenvalue weighted by Crippen LogP contribution is 2.55. The Morgan fingerprint density at radius 2 is 2.06 bits per heavy atom. The van der Waals surface area contributed by atoms with Crippen LogP contribution in [0.1, 0.15) is 32.4 Å². The van der Waals surface area contributed by atoms with Crippen LogP contribution < -0.4 is 5.32 Å². The van der Waals surface area contributed by atoms with Crippen molar-refractivity contribution >= 4 is 0 Å². The SMILES string of the molecule is CNC1C(C)C(c2ccc(F)cn2)C1(C)C. The molecule has 0 aromatic carbocycles. The molecule has 2 rings (SSSR count). The second kappa shape index (κ2) is 3.81. The first-order valence-electron chi connectivity index (χ1n) is 5.77. The topological polar surface area (TPSA) is 24.9 Å². The number of nitrogens with one attached hydrogen (secondary N) is 1. The standard InChI is InChI=1S/C13H19FN2/c1-8-11(13(2,3)12(8)15-4)10-6-5-9(14)7-16-10/h5-8,11-12,15H,1-4H3. The Bertz CT molecular complexity index is 372. The Morgan fingerprint density at radius 1 is 1.38 bits per heavy atom. The molecule has 0 saturated heterocycles. The van der Waals surface area contributed by atoms with Crippen LogP contribution in [0.3, 0.4) is 0 Å². The molecule has 0 bridgehead atoms. The summed E-state index contributed by atoms with van der Waals surface area (Å²) in [6, 6.07) is 3.81. The van der Waals surface area contributed by atoms with Gasteiger partial charge in [-0.3, -0.25) is 4.98 Å². The minimum absolute atomic E-state index is 0.180. The second-order valence-electron chi connectivity index (χ2n) is 5.33. The lowest BCUT2D eigenvalue weighted by molar-refractivity contribution is 0.00268. The fourth-order valence-electron chi connectivity index (χ4n) is 3.48. The van der Waals surface area contributed by atoms with Crippen molar-refractivity contribution in [2.24, 2.45) is 11.3 Å². The van der Waals surface area contributed by atoms with E-state index in [2.05, 4.69) is 31.1 Å². The smallest absolute Gasteiger partial charge is 0.141 e. The quantitative estimate of drug-likeness (QED) is 0.832. The average Bonchev–Trinajstić information content (AvgIpc) is 2.21. The van der Waals surface area contributed by atoms with Crippen molar-refractivity contribution in [1.29, 1.82) is 0 Å². The zero-order valence-electron chi connectivity index (χ0n) is 10.3. The van der Waals surface area contributed by atoms with E-state index in [0.717, 1.165) is 5.69 Å². The highest BCUT2D eigenvalue weighted by atomic mass is 19.1. The normalized spacial score (nSPS) is 32.2. The van der Waals surface area contributed by atoms with Gasteiger partial charge in [0.2, 0.25) is 0 Å². The van der Waals surface area contributed by atoms with Crippen LogP contribution in [0.5, 0.6) is 0 Å². The lowest BCUT2D eigenvalue weighted by Crippen LogP contribution is -2.60. The summed E-state index contributed by atoms with van der Waals surface area (Å²) in [5.74, 6) is 0.683. The van der Waals surface area contributed by atoms with Gasteiger partial charge in [0.15, 0.2) is 0 Å². The highest BCUT2D eigenvalue weighted by molar-refractivity contribution is 5.23. The van der Waals surface area contributed by atoms with Gasteiger partial charge in [-0.25, -0.2) is 4.39 Å². The molecule has 1 aromatic rings. The zero-order chi connectivity index (χ0) is 11.9. The summed E-state index contributed by atoms with van der Waals surface area (Å²) in [6.07, 6.45) is 1.31. The summed E-state index contributed by atoms with van der Waals surface area (Å²) in [5.41, 5.74) is 1.18. The van der Waals surface area contributed by atoms with Crippen LogP contribution in [0.15, 0.2) is 18.3 Å². The van der Waals surface area contributed by atoms with Crippen LogP contribution in [-0.2, 0) is 0 Å². The van der Waals surface area contributed by atoms with Crippen molar-refractivity contribution in [3.63, 3.8) is 0 Å². The van der Waals surface area contributed by atoms with Crippen LogP contribution in [0.4, 0.5) is 4.39 Å². The Labute approximate surface area is 96.3 Å². The molecule has 1 aliphatic carbocycles. The van der Waals surface area contributed by atoms with E-state index < -0.39 is 0 Å². The van der Waals surface area contributed by atoms with Crippen molar-refractivity contribution in [2.75, 3.05) is 7.05 Å². The Balaban J connectivity index is 2.26. The van der Waals surface area contributed by atoms with E-state index in [1.165, 1.54) is 12.3 Å². The molecule has 0 spiro atoms. The number of aromatic nitrogens is 1. The van der Waals surface area contributed by atoms with Gasteiger partial charge in [-0.05, 0) is 30.5 Å². The first-order chi connectivity index (χ1) is 7.48. The van der Waals surface area contributed by atoms with Gasteiger partial charge in [-0.15, -0.1) is 0 Å². The molecule has 1 aromatic heterocycles. The molecule has 1 N–H and O–H groups in total. The summed E-state index contributed by atoms with van der Waals surface area (Å²) in [4.78, 5) is 4.21. The molecule has 88 valence electrons. The van der Waals surface area contributed by atoms with Crippen LogP contribution >= 0.6 is 0 Å². The molecule has 0 radical (unpaired) electrons. The van der Waals surface area contributed by atoms with Gasteiger partial charge in [-0.2, -0.15) is 0 Å². The maximum absolute atomic E-state index is 12.8. The zero-order valence-corrected chi connectivity index (χ0v) is 10.3. The lowest BCUT2D eigenvalue weighted by Gasteiger charge is -2.57. The molecule has 3 unspecified atom stereocenters. The van der Waals surface area contributed by atoms with E-state index in [4.69, 9.17) is 0 Å². The third kappa shape index (κ3) is 1.54. The maximum Gasteiger partial charge on any atom is 0.141 e. The Hall–Kier alpha value is -0.960. The number of pyridine rings is 1. The van der Waals surface area contributed by atoms with Crippen molar-refractivity contribution in [3.8, 4) is 0 Å². The minimum Gasteiger partial charge on any atom is -0.316 e. The molecule has 16 heavy (non-hydrogen) atoms. The van der Waals surface area contributed by atoms with Gasteiger partial charge in [0.1, 0.15) is 5.82 Å². The summed E-state index contributed by atoms with van der Waals surface area (Å²) in [7, 11) is 2.00. The maximum atomic E-state index is 12.8. The van der Waals surface area contributed by atoms with Crippen molar-refractivity contribution in [1.82, 2.24) is 10.3 Å². The molecule has 0 aliphatic heterocycles. The number of hydrogen-bond donors (Lipinski definition) is 1. The van der Waals surface area contributed by atoms with Gasteiger partial charge in [0, 0.05) is 17.7 Å². The third-order valence-electron chi connectivity index (χ3n) is 4.03. The van der Waals surface area contributed by atoms with E-state index >= 15 is 0 Å². The summed E-state index contributed by atoms with van der Waals surface area (Å²) < 4.78 is 12.8. The molecular formula is C13H19FN2. The summed E-state index contributed by atoms with van der Waals surface area (Å²) in [5, 5.41) is 3.35. The fraction of sp³-hybridized carbons (Fsp3) is 0.615. The number of hydrogen-bond acceptors (Lipinski definition) is 2. The molecule has 1 aliphatic rings. The molecule has 1 heterocycles. The van der Waals surface area contributed by atoms with Crippen LogP contribution in [0.25, 0.3) is 0 Å². The number of halogens is 1. The van der Waals surface area contributed by atoms with E-state index in [0.29, 0.717) is 17.9 Å². The van der Waals surface area contributed by atoms with Crippen LogP contribution in [-0.4, -0.2) is 18.1 Å². The highest BCUT2D eigenvalue weighted by Gasteiger charge is 2.54. The van der Waals surface area contributed by atoms with E-state index in [9.17, 15) is 4.39 Å². The van der Waals surface area contributed by atoms with E-state index in [1.807, 2.05) is 13.1 Å². The van der Waals surface area contributed by atoms with Crippen molar-refractivity contribution in [2.45, 2.75) is 32.7 Å². The van der Waals surface area contributed by atoms with Crippen molar-refractivity contribution in [3.05, 3.63) is 29.8 Å². The minimum atomic E-state index is -0.265. The predicted molar refractivity (Wildman–Crippen MR) is 62.7 cm³/mol. The number of rotatable bonds is 2. The van der Waals surface area contributed by atoms with Gasteiger partial charge in [0.25, 0.3) is 0 Å². The van der Waals surface area contributed by atoms with Gasteiger partial charge >= 0.3 is 0 Å². The van der Waals surface area contributed by atoms with E-state index in [-0.39, 0.29) is 11.2 Å². The summed E-state index contributed by atoms with van der Waals surface area (Å²) >= 11 is 0. The molecule has 0 amide bonds. The van der Waals surface area contributed by atoms with Gasteiger partial charge in [-0.1, -0.05) is 20.8 Å². The van der Waals surface area contributed by atoms with Gasteiger partial charge < -0.3 is 5.32 Å². The monoisotopic (exact) mass is 222 g/mol. The predicted octanol–water partition coefficient (Wildman–Crippen LogP) is 2.57. The molecule has 3 heteroatoms. The van der Waals surface area contributed by atoms with E-state index in [1.54, 1.807) is 0 Å². The summed E-state index contributed by atoms with van der Waals surface area (Å²) in [6.45, 7) is 6.70. The molecular weight excluding hydrogens is 203 g/mol. The Kier molecular flexibility index (Phi) is 2.74. The van der Waals surface area contributed by atoms with Crippen LogP contribution in [0.2, 0.25) is 0 Å². The average molecular weight is 222 g/mol. The van der Waals surface area contributed by atoms with Crippen molar-refractivity contribution < 1.29 is 4.39 Å².